The smallest absolute Gasteiger partial charge is 0.270 e. The summed E-state index contributed by atoms with van der Waals surface area (Å²) < 4.78 is 0. The molecule has 0 radical (unpaired) electrons. The van der Waals surface area contributed by atoms with Crippen LogP contribution in [0.1, 0.15) is 36.8 Å². The molecular weight excluding hydrogens is 214 g/mol. The molecule has 0 fully saturated rings. The van der Waals surface area contributed by atoms with E-state index in [9.17, 15) is 4.79 Å². The molecule has 0 bridgehead atoms. The molecule has 4 heteroatoms. The Morgan fingerprint density at radius 3 is 2.65 bits per heavy atom. The maximum absolute atomic E-state index is 12.1. The van der Waals surface area contributed by atoms with Crippen LogP contribution in [0.25, 0.3) is 0 Å². The summed E-state index contributed by atoms with van der Waals surface area (Å²) in [6.45, 7) is 8.44. The quantitative estimate of drug-likeness (QED) is 0.834. The first-order valence-corrected chi connectivity index (χ1v) is 5.79. The fourth-order valence-electron chi connectivity index (χ4n) is 1.58. The predicted octanol–water partition coefficient (Wildman–Crippen LogP) is 1.49. The molecule has 0 spiro atoms. The van der Waals surface area contributed by atoms with Crippen LogP contribution < -0.4 is 11.1 Å². The van der Waals surface area contributed by atoms with Crippen LogP contribution in [0, 0.1) is 12.3 Å². The number of aryl methyl sites for hydroxylation is 1. The van der Waals surface area contributed by atoms with Gasteiger partial charge in [0.15, 0.2) is 0 Å². The third kappa shape index (κ3) is 3.53. The first-order valence-electron chi connectivity index (χ1n) is 5.79. The molecule has 0 saturated heterocycles. The van der Waals surface area contributed by atoms with Crippen LogP contribution in [0.5, 0.6) is 0 Å². The minimum absolute atomic E-state index is 0.0589. The summed E-state index contributed by atoms with van der Waals surface area (Å²) >= 11 is 0. The summed E-state index contributed by atoms with van der Waals surface area (Å²) in [5, 5.41) is 2.94. The van der Waals surface area contributed by atoms with Crippen molar-refractivity contribution in [1.29, 1.82) is 0 Å². The van der Waals surface area contributed by atoms with Gasteiger partial charge in [0.1, 0.15) is 5.69 Å². The maximum atomic E-state index is 12.1. The highest BCUT2D eigenvalue weighted by Gasteiger charge is 2.25. The highest BCUT2D eigenvalue weighted by Crippen LogP contribution is 2.18. The fourth-order valence-corrected chi connectivity index (χ4v) is 1.58. The van der Waals surface area contributed by atoms with Crippen molar-refractivity contribution in [3.05, 3.63) is 29.6 Å². The van der Waals surface area contributed by atoms with Crippen molar-refractivity contribution in [3.63, 3.8) is 0 Å². The molecule has 1 atom stereocenters. The van der Waals surface area contributed by atoms with Crippen LogP contribution in [0.4, 0.5) is 0 Å². The number of carbonyl (C=O) groups is 1. The number of carbonyl (C=O) groups excluding carboxylic acids is 1. The van der Waals surface area contributed by atoms with Gasteiger partial charge in [-0.05, 0) is 24.0 Å². The summed E-state index contributed by atoms with van der Waals surface area (Å²) in [6.07, 6.45) is 1.62. The zero-order chi connectivity index (χ0) is 13.1. The number of pyridine rings is 1. The number of nitrogens with one attached hydrogen (secondary N) is 1. The third-order valence-electron chi connectivity index (χ3n) is 2.81. The number of rotatable bonds is 3. The second-order valence-electron chi connectivity index (χ2n) is 5.30. The monoisotopic (exact) mass is 235 g/mol. The van der Waals surface area contributed by atoms with E-state index < -0.39 is 0 Å². The molecule has 1 aromatic rings. The molecule has 0 aliphatic rings. The van der Waals surface area contributed by atoms with Gasteiger partial charge in [-0.15, -0.1) is 0 Å². The van der Waals surface area contributed by atoms with Crippen molar-refractivity contribution in [1.82, 2.24) is 10.3 Å². The first kappa shape index (κ1) is 13.6. The van der Waals surface area contributed by atoms with E-state index in [1.54, 1.807) is 6.20 Å². The van der Waals surface area contributed by atoms with E-state index >= 15 is 0 Å². The lowest BCUT2D eigenvalue weighted by Gasteiger charge is -2.30. The van der Waals surface area contributed by atoms with E-state index in [-0.39, 0.29) is 17.4 Å². The summed E-state index contributed by atoms with van der Waals surface area (Å²) in [7, 11) is 0. The van der Waals surface area contributed by atoms with Crippen molar-refractivity contribution in [2.45, 2.75) is 33.7 Å². The molecular formula is C13H21N3O. The Labute approximate surface area is 103 Å². The second kappa shape index (κ2) is 5.27. The second-order valence-corrected chi connectivity index (χ2v) is 5.30. The fraction of sp³-hybridized carbons (Fsp3) is 0.538. The summed E-state index contributed by atoms with van der Waals surface area (Å²) in [5.41, 5.74) is 6.96. The van der Waals surface area contributed by atoms with Crippen LogP contribution in [0.15, 0.2) is 18.3 Å². The van der Waals surface area contributed by atoms with Gasteiger partial charge >= 0.3 is 0 Å². The molecule has 4 nitrogen and oxygen atoms in total. The Balaban J connectivity index is 2.83. The van der Waals surface area contributed by atoms with Gasteiger partial charge in [0.05, 0.1) is 0 Å². The molecule has 1 heterocycles. The molecule has 1 unspecified atom stereocenters. The van der Waals surface area contributed by atoms with Gasteiger partial charge < -0.3 is 11.1 Å². The molecule has 0 aliphatic heterocycles. The van der Waals surface area contributed by atoms with E-state index in [0.717, 1.165) is 5.56 Å². The van der Waals surface area contributed by atoms with Crippen LogP contribution in [-0.4, -0.2) is 23.5 Å². The first-order chi connectivity index (χ1) is 7.86. The maximum Gasteiger partial charge on any atom is 0.270 e. The van der Waals surface area contributed by atoms with Crippen LogP contribution in [0.3, 0.4) is 0 Å². The standard InChI is InChI=1S/C13H21N3O/c1-9-6-5-7-15-11(9)12(17)16-10(8-14)13(2,3)4/h5-7,10H,8,14H2,1-4H3,(H,16,17). The largest absolute Gasteiger partial charge is 0.346 e. The molecule has 0 saturated carbocycles. The van der Waals surface area contributed by atoms with Crippen LogP contribution in [0.2, 0.25) is 0 Å². The number of amides is 1. The number of nitrogens with two attached hydrogens (primary N) is 1. The molecule has 0 aliphatic carbocycles. The molecule has 0 aromatic carbocycles. The number of hydrogen-bond donors (Lipinski definition) is 2. The van der Waals surface area contributed by atoms with Crippen molar-refractivity contribution in [3.8, 4) is 0 Å². The van der Waals surface area contributed by atoms with Gasteiger partial charge in [-0.2, -0.15) is 0 Å². The van der Waals surface area contributed by atoms with E-state index in [2.05, 4.69) is 31.1 Å². The zero-order valence-corrected chi connectivity index (χ0v) is 10.9. The summed E-state index contributed by atoms with van der Waals surface area (Å²) in [4.78, 5) is 16.1. The number of aromatic nitrogens is 1. The van der Waals surface area contributed by atoms with E-state index in [4.69, 9.17) is 5.73 Å². The average molecular weight is 235 g/mol. The van der Waals surface area contributed by atoms with Crippen LogP contribution in [-0.2, 0) is 0 Å². The van der Waals surface area contributed by atoms with Gasteiger partial charge in [0, 0.05) is 18.8 Å². The minimum Gasteiger partial charge on any atom is -0.346 e. The third-order valence-corrected chi connectivity index (χ3v) is 2.81. The van der Waals surface area contributed by atoms with E-state index in [1.165, 1.54) is 0 Å². The normalized spacial score (nSPS) is 13.2. The Morgan fingerprint density at radius 2 is 2.18 bits per heavy atom. The van der Waals surface area contributed by atoms with Crippen molar-refractivity contribution < 1.29 is 4.79 Å². The SMILES string of the molecule is Cc1cccnc1C(=O)NC(CN)C(C)(C)C. The lowest BCUT2D eigenvalue weighted by molar-refractivity contribution is 0.0899. The zero-order valence-electron chi connectivity index (χ0n) is 10.9. The molecule has 3 N–H and O–H groups in total. The lowest BCUT2D eigenvalue weighted by atomic mass is 9.86. The molecule has 1 amide bonds. The Hall–Kier alpha value is -1.42. The predicted molar refractivity (Wildman–Crippen MR) is 68.7 cm³/mol. The van der Waals surface area contributed by atoms with Gasteiger partial charge in [0.25, 0.3) is 5.91 Å². The molecule has 94 valence electrons. The lowest BCUT2D eigenvalue weighted by Crippen LogP contribution is -2.48. The topological polar surface area (TPSA) is 68.0 Å². The summed E-state index contributed by atoms with van der Waals surface area (Å²) in [6, 6.07) is 3.63. The number of nitrogens with zero attached hydrogens (tertiary/aromatic N) is 1. The van der Waals surface area contributed by atoms with Crippen LogP contribution >= 0.6 is 0 Å². The average Bonchev–Trinajstić information content (AvgIpc) is 2.24. The Kier molecular flexibility index (Phi) is 4.23. The highest BCUT2D eigenvalue weighted by molar-refractivity contribution is 5.93. The van der Waals surface area contributed by atoms with Gasteiger partial charge in [0.2, 0.25) is 0 Å². The molecule has 1 aromatic heterocycles. The Morgan fingerprint density at radius 1 is 1.53 bits per heavy atom. The summed E-state index contributed by atoms with van der Waals surface area (Å²) in [5.74, 6) is -0.159. The highest BCUT2D eigenvalue weighted by atomic mass is 16.2. The van der Waals surface area contributed by atoms with Gasteiger partial charge in [-0.25, -0.2) is 0 Å². The van der Waals surface area contributed by atoms with Gasteiger partial charge in [-0.3, -0.25) is 9.78 Å². The molecule has 1 rings (SSSR count). The minimum atomic E-state index is -0.159. The number of hydrogen-bond acceptors (Lipinski definition) is 3. The molecule has 17 heavy (non-hydrogen) atoms. The van der Waals surface area contributed by atoms with Crippen molar-refractivity contribution in [2.24, 2.45) is 11.1 Å². The van der Waals surface area contributed by atoms with Gasteiger partial charge in [-0.1, -0.05) is 26.8 Å². The van der Waals surface area contributed by atoms with Crippen molar-refractivity contribution >= 4 is 5.91 Å². The van der Waals surface area contributed by atoms with Crippen molar-refractivity contribution in [2.75, 3.05) is 6.54 Å². The van der Waals surface area contributed by atoms with E-state index in [1.807, 2.05) is 19.1 Å². The van der Waals surface area contributed by atoms with E-state index in [0.29, 0.717) is 12.2 Å². The Bertz CT molecular complexity index is 396.